The molecule has 0 radical (unpaired) electrons. The second kappa shape index (κ2) is 7.36. The summed E-state index contributed by atoms with van der Waals surface area (Å²) in [6.07, 6.45) is 0. The first-order chi connectivity index (χ1) is 11.4. The molecule has 0 saturated heterocycles. The van der Waals surface area contributed by atoms with E-state index < -0.39 is 23.4 Å². The number of non-ortho nitro benzene ring substituents is 1. The van der Waals surface area contributed by atoms with E-state index in [1.807, 2.05) is 26.0 Å². The highest BCUT2D eigenvalue weighted by Gasteiger charge is 2.14. The lowest BCUT2D eigenvalue weighted by Crippen LogP contribution is -2.21. The number of carbonyl (C=O) groups excluding carboxylic acids is 2. The average molecular weight is 328 g/mol. The second-order valence-electron chi connectivity index (χ2n) is 5.25. The van der Waals surface area contributed by atoms with Gasteiger partial charge in [0.05, 0.1) is 10.5 Å². The molecule has 2 aromatic rings. The van der Waals surface area contributed by atoms with E-state index >= 15 is 0 Å². The van der Waals surface area contributed by atoms with Crippen molar-refractivity contribution in [3.63, 3.8) is 0 Å². The van der Waals surface area contributed by atoms with Crippen LogP contribution in [0, 0.1) is 24.0 Å². The molecule has 0 bridgehead atoms. The van der Waals surface area contributed by atoms with Gasteiger partial charge in [-0.25, -0.2) is 4.79 Å². The first kappa shape index (κ1) is 17.1. The van der Waals surface area contributed by atoms with Crippen LogP contribution in [0.3, 0.4) is 0 Å². The zero-order valence-corrected chi connectivity index (χ0v) is 13.2. The van der Waals surface area contributed by atoms with Crippen LogP contribution in [0.4, 0.5) is 11.4 Å². The number of aryl methyl sites for hydroxylation is 2. The molecule has 0 fully saturated rings. The number of nitro groups is 1. The quantitative estimate of drug-likeness (QED) is 0.517. The predicted molar refractivity (Wildman–Crippen MR) is 87.9 cm³/mol. The van der Waals surface area contributed by atoms with Crippen LogP contribution in [0.1, 0.15) is 21.5 Å². The molecule has 0 aromatic heterocycles. The van der Waals surface area contributed by atoms with Crippen LogP contribution >= 0.6 is 0 Å². The van der Waals surface area contributed by atoms with Gasteiger partial charge in [0.1, 0.15) is 0 Å². The maximum atomic E-state index is 11.9. The molecule has 0 unspecified atom stereocenters. The van der Waals surface area contributed by atoms with E-state index in [2.05, 4.69) is 5.32 Å². The van der Waals surface area contributed by atoms with Crippen molar-refractivity contribution < 1.29 is 19.2 Å². The number of rotatable bonds is 5. The standard InChI is InChI=1S/C17H16N2O5/c1-11-6-7-15(12(2)8-11)18-16(20)10-24-17(21)13-4-3-5-14(9-13)19(22)23/h3-9H,10H2,1-2H3,(H,18,20). The number of nitrogens with one attached hydrogen (secondary N) is 1. The monoisotopic (exact) mass is 328 g/mol. The van der Waals surface area contributed by atoms with Crippen molar-refractivity contribution in [2.75, 3.05) is 11.9 Å². The fourth-order valence-corrected chi connectivity index (χ4v) is 2.10. The summed E-state index contributed by atoms with van der Waals surface area (Å²) in [4.78, 5) is 33.8. The Balaban J connectivity index is 1.95. The lowest BCUT2D eigenvalue weighted by Gasteiger charge is -2.09. The Morgan fingerprint density at radius 1 is 1.17 bits per heavy atom. The molecule has 0 atom stereocenters. The molecule has 124 valence electrons. The Hall–Kier alpha value is -3.22. The number of esters is 1. The molecule has 0 aliphatic rings. The highest BCUT2D eigenvalue weighted by Crippen LogP contribution is 2.16. The van der Waals surface area contributed by atoms with Crippen molar-refractivity contribution >= 4 is 23.3 Å². The third kappa shape index (κ3) is 4.39. The molecular weight excluding hydrogens is 312 g/mol. The van der Waals surface area contributed by atoms with Gasteiger partial charge in [0.2, 0.25) is 0 Å². The Labute approximate surface area is 138 Å². The number of amides is 1. The second-order valence-corrected chi connectivity index (χ2v) is 5.25. The Kier molecular flexibility index (Phi) is 5.26. The summed E-state index contributed by atoms with van der Waals surface area (Å²) in [5.74, 6) is -1.28. The first-order valence-corrected chi connectivity index (χ1v) is 7.15. The van der Waals surface area contributed by atoms with Crippen LogP contribution in [-0.4, -0.2) is 23.4 Å². The molecule has 2 rings (SSSR count). The maximum Gasteiger partial charge on any atom is 0.338 e. The van der Waals surface area contributed by atoms with E-state index in [4.69, 9.17) is 4.74 Å². The third-order valence-corrected chi connectivity index (χ3v) is 3.28. The Morgan fingerprint density at radius 2 is 1.92 bits per heavy atom. The van der Waals surface area contributed by atoms with Gasteiger partial charge in [-0.1, -0.05) is 23.8 Å². The van der Waals surface area contributed by atoms with Crippen LogP contribution in [0.5, 0.6) is 0 Å². The zero-order valence-electron chi connectivity index (χ0n) is 13.2. The van der Waals surface area contributed by atoms with Crippen LogP contribution in [-0.2, 0) is 9.53 Å². The molecule has 0 heterocycles. The van der Waals surface area contributed by atoms with Crippen molar-refractivity contribution in [2.45, 2.75) is 13.8 Å². The van der Waals surface area contributed by atoms with E-state index in [1.165, 1.54) is 18.2 Å². The minimum Gasteiger partial charge on any atom is -0.452 e. The third-order valence-electron chi connectivity index (χ3n) is 3.28. The summed E-state index contributed by atoms with van der Waals surface area (Å²) in [7, 11) is 0. The van der Waals surface area contributed by atoms with Crippen molar-refractivity contribution in [1.29, 1.82) is 0 Å². The molecule has 1 amide bonds. The topological polar surface area (TPSA) is 98.5 Å². The smallest absolute Gasteiger partial charge is 0.338 e. The van der Waals surface area contributed by atoms with E-state index in [9.17, 15) is 19.7 Å². The average Bonchev–Trinajstić information content (AvgIpc) is 2.55. The zero-order chi connectivity index (χ0) is 17.7. The van der Waals surface area contributed by atoms with Gasteiger partial charge in [-0.15, -0.1) is 0 Å². The van der Waals surface area contributed by atoms with Gasteiger partial charge < -0.3 is 10.1 Å². The number of carbonyl (C=O) groups is 2. The van der Waals surface area contributed by atoms with Gasteiger partial charge in [-0.3, -0.25) is 14.9 Å². The summed E-state index contributed by atoms with van der Waals surface area (Å²) in [5, 5.41) is 13.3. The molecule has 0 aliphatic heterocycles. The summed E-state index contributed by atoms with van der Waals surface area (Å²) < 4.78 is 4.89. The number of benzene rings is 2. The minimum absolute atomic E-state index is 0.0171. The van der Waals surface area contributed by atoms with Crippen LogP contribution in [0.25, 0.3) is 0 Å². The van der Waals surface area contributed by atoms with Crippen molar-refractivity contribution in [3.05, 3.63) is 69.3 Å². The molecule has 1 N–H and O–H groups in total. The van der Waals surface area contributed by atoms with E-state index in [0.29, 0.717) is 5.69 Å². The highest BCUT2D eigenvalue weighted by molar-refractivity contribution is 5.96. The number of hydrogen-bond acceptors (Lipinski definition) is 5. The molecule has 0 aliphatic carbocycles. The SMILES string of the molecule is Cc1ccc(NC(=O)COC(=O)c2cccc([N+](=O)[O-])c2)c(C)c1. The van der Waals surface area contributed by atoms with Crippen molar-refractivity contribution in [2.24, 2.45) is 0 Å². The number of ether oxygens (including phenoxy) is 1. The number of hydrogen-bond donors (Lipinski definition) is 1. The molecule has 0 saturated carbocycles. The maximum absolute atomic E-state index is 11.9. The van der Waals surface area contributed by atoms with E-state index in [0.717, 1.165) is 17.2 Å². The molecule has 7 heteroatoms. The molecule has 0 spiro atoms. The van der Waals surface area contributed by atoms with E-state index in [-0.39, 0.29) is 11.3 Å². The van der Waals surface area contributed by atoms with Crippen LogP contribution in [0.2, 0.25) is 0 Å². The lowest BCUT2D eigenvalue weighted by atomic mass is 10.1. The number of nitro benzene ring substituents is 1. The molecular formula is C17H16N2O5. The Morgan fingerprint density at radius 3 is 2.58 bits per heavy atom. The predicted octanol–water partition coefficient (Wildman–Crippen LogP) is 3.01. The molecule has 7 nitrogen and oxygen atoms in total. The van der Waals surface area contributed by atoms with Gasteiger partial charge in [0, 0.05) is 17.8 Å². The lowest BCUT2D eigenvalue weighted by molar-refractivity contribution is -0.384. The van der Waals surface area contributed by atoms with E-state index in [1.54, 1.807) is 6.07 Å². The van der Waals surface area contributed by atoms with Gasteiger partial charge in [-0.2, -0.15) is 0 Å². The van der Waals surface area contributed by atoms with Gasteiger partial charge >= 0.3 is 5.97 Å². The summed E-state index contributed by atoms with van der Waals surface area (Å²) >= 11 is 0. The Bertz CT molecular complexity index is 801. The highest BCUT2D eigenvalue weighted by atomic mass is 16.6. The van der Waals surface area contributed by atoms with Gasteiger partial charge in [0.25, 0.3) is 11.6 Å². The van der Waals surface area contributed by atoms with Crippen LogP contribution < -0.4 is 5.32 Å². The largest absolute Gasteiger partial charge is 0.452 e. The number of anilines is 1. The fraction of sp³-hybridized carbons (Fsp3) is 0.176. The minimum atomic E-state index is -0.797. The molecule has 24 heavy (non-hydrogen) atoms. The molecule has 2 aromatic carbocycles. The van der Waals surface area contributed by atoms with Gasteiger partial charge in [-0.05, 0) is 31.5 Å². The first-order valence-electron chi connectivity index (χ1n) is 7.15. The van der Waals surface area contributed by atoms with Crippen LogP contribution in [0.15, 0.2) is 42.5 Å². The van der Waals surface area contributed by atoms with Crippen molar-refractivity contribution in [3.8, 4) is 0 Å². The number of nitrogens with zero attached hydrogens (tertiary/aromatic N) is 1. The summed E-state index contributed by atoms with van der Waals surface area (Å²) in [5.41, 5.74) is 2.40. The fourth-order valence-electron chi connectivity index (χ4n) is 2.10. The van der Waals surface area contributed by atoms with Gasteiger partial charge in [0.15, 0.2) is 6.61 Å². The normalized spacial score (nSPS) is 10.1. The summed E-state index contributed by atoms with van der Waals surface area (Å²) in [6.45, 7) is 3.33. The van der Waals surface area contributed by atoms with Crippen molar-refractivity contribution in [1.82, 2.24) is 0 Å². The summed E-state index contributed by atoms with van der Waals surface area (Å²) in [6, 6.07) is 10.7.